The van der Waals surface area contributed by atoms with Gasteiger partial charge in [-0.05, 0) is 80.5 Å². The van der Waals surface area contributed by atoms with E-state index in [2.05, 4.69) is 32.6 Å². The predicted molar refractivity (Wildman–Crippen MR) is 103 cm³/mol. The average molecular weight is 361 g/mol. The van der Waals surface area contributed by atoms with E-state index in [1.54, 1.807) is 12.5 Å². The molecule has 26 heavy (non-hydrogen) atoms. The highest BCUT2D eigenvalue weighted by Gasteiger charge is 2.59. The van der Waals surface area contributed by atoms with Crippen LogP contribution in [0.4, 0.5) is 0 Å². The number of fused-ring (bicyclic) bond motifs is 5. The highest BCUT2D eigenvalue weighted by atomic mass is 16.5. The van der Waals surface area contributed by atoms with E-state index in [4.69, 9.17) is 4.74 Å². The second-order valence-electron chi connectivity index (χ2n) is 10.4. The molecule has 3 heteroatoms. The number of carbonyl (C=O) groups is 1. The third-order valence-electron chi connectivity index (χ3n) is 9.15. The van der Waals surface area contributed by atoms with Crippen LogP contribution in [0.3, 0.4) is 0 Å². The third kappa shape index (κ3) is 2.68. The molecule has 4 aliphatic carbocycles. The van der Waals surface area contributed by atoms with E-state index in [-0.39, 0.29) is 12.1 Å². The molecule has 3 saturated carbocycles. The van der Waals surface area contributed by atoms with Gasteiger partial charge in [0.25, 0.3) is 0 Å². The molecule has 3 N–H and O–H groups in total. The molecule has 3 nitrogen and oxygen atoms in total. The van der Waals surface area contributed by atoms with Gasteiger partial charge in [-0.3, -0.25) is 4.79 Å². The first kappa shape index (κ1) is 18.5. The summed E-state index contributed by atoms with van der Waals surface area (Å²) in [5, 5.41) is 0. The van der Waals surface area contributed by atoms with Crippen LogP contribution in [0.2, 0.25) is 0 Å². The Hall–Kier alpha value is -0.830. The van der Waals surface area contributed by atoms with Crippen LogP contribution in [0.1, 0.15) is 79.1 Å². The first-order valence-electron chi connectivity index (χ1n) is 11.0. The summed E-state index contributed by atoms with van der Waals surface area (Å²) in [5.74, 6) is 3.26. The van der Waals surface area contributed by atoms with Crippen LogP contribution in [-0.2, 0) is 9.53 Å². The summed E-state index contributed by atoms with van der Waals surface area (Å²) in [7, 11) is 0. The lowest BCUT2D eigenvalue weighted by Crippen LogP contribution is -2.65. The van der Waals surface area contributed by atoms with Crippen molar-refractivity contribution in [2.75, 3.05) is 0 Å². The number of hydrogen-bond donors (Lipinski definition) is 1. The first-order chi connectivity index (χ1) is 12.3. The number of ether oxygens (including phenoxy) is 1. The van der Waals surface area contributed by atoms with Crippen LogP contribution in [0.25, 0.3) is 0 Å². The zero-order valence-electron chi connectivity index (χ0n) is 17.2. The monoisotopic (exact) mass is 360 g/mol. The van der Waals surface area contributed by atoms with Gasteiger partial charge < -0.3 is 10.5 Å². The van der Waals surface area contributed by atoms with Crippen molar-refractivity contribution < 1.29 is 15.3 Å². The summed E-state index contributed by atoms with van der Waals surface area (Å²) in [4.78, 5) is 11.4. The lowest BCUT2D eigenvalue weighted by Gasteiger charge is -2.58. The van der Waals surface area contributed by atoms with Crippen molar-refractivity contribution >= 4 is 5.97 Å². The van der Waals surface area contributed by atoms with Crippen molar-refractivity contribution in [1.82, 2.24) is 0 Å². The van der Waals surface area contributed by atoms with E-state index >= 15 is 0 Å². The van der Waals surface area contributed by atoms with Gasteiger partial charge in [0.1, 0.15) is 6.10 Å². The molecule has 3 fully saturated rings. The Kier molecular flexibility index (Phi) is 4.53. The topological polar surface area (TPSA) is 53.9 Å². The maximum Gasteiger partial charge on any atom is 0.302 e. The lowest BCUT2D eigenvalue weighted by molar-refractivity contribution is -0.433. The van der Waals surface area contributed by atoms with Crippen LogP contribution < -0.4 is 5.73 Å². The molecule has 0 unspecified atom stereocenters. The zero-order valence-corrected chi connectivity index (χ0v) is 17.2. The van der Waals surface area contributed by atoms with E-state index in [0.717, 1.165) is 36.5 Å². The SMILES string of the molecule is CC(=O)O[C@H]1CC[C@@]2(C)C(=CC[C@@H]3[C@H]4CC[C@H]([C@H](C)[NH3+])[C@@]4(C)CC[C@@H]32)C1. The van der Waals surface area contributed by atoms with Crippen molar-refractivity contribution in [3.8, 4) is 0 Å². The number of esters is 1. The Labute approximate surface area is 159 Å². The summed E-state index contributed by atoms with van der Waals surface area (Å²) in [6.45, 7) is 8.99. The summed E-state index contributed by atoms with van der Waals surface area (Å²) in [5.41, 5.74) is 6.87. The summed E-state index contributed by atoms with van der Waals surface area (Å²) < 4.78 is 5.56. The molecule has 4 aliphatic rings. The number of rotatable bonds is 2. The van der Waals surface area contributed by atoms with Gasteiger partial charge in [-0.25, -0.2) is 0 Å². The van der Waals surface area contributed by atoms with Gasteiger partial charge in [0.2, 0.25) is 0 Å². The van der Waals surface area contributed by atoms with Crippen LogP contribution >= 0.6 is 0 Å². The summed E-state index contributed by atoms with van der Waals surface area (Å²) in [6.07, 6.45) is 12.7. The van der Waals surface area contributed by atoms with Gasteiger partial charge in [-0.2, -0.15) is 0 Å². The molecular formula is C23H38NO2+. The molecule has 0 aromatic heterocycles. The molecule has 146 valence electrons. The Morgan fingerprint density at radius 1 is 1.19 bits per heavy atom. The Morgan fingerprint density at radius 3 is 2.65 bits per heavy atom. The Balaban J connectivity index is 1.58. The molecular weight excluding hydrogens is 322 g/mol. The van der Waals surface area contributed by atoms with Crippen molar-refractivity contribution in [2.24, 2.45) is 34.5 Å². The van der Waals surface area contributed by atoms with Crippen LogP contribution in [-0.4, -0.2) is 18.1 Å². The van der Waals surface area contributed by atoms with E-state index in [1.807, 2.05) is 0 Å². The molecule has 0 aromatic rings. The summed E-state index contributed by atoms with van der Waals surface area (Å²) in [6, 6.07) is 0.575. The minimum atomic E-state index is -0.124. The number of quaternary nitrogens is 1. The smallest absolute Gasteiger partial charge is 0.302 e. The van der Waals surface area contributed by atoms with Gasteiger partial charge in [-0.1, -0.05) is 25.5 Å². The molecule has 0 radical (unpaired) electrons. The van der Waals surface area contributed by atoms with E-state index < -0.39 is 0 Å². The van der Waals surface area contributed by atoms with E-state index in [1.165, 1.54) is 38.5 Å². The summed E-state index contributed by atoms with van der Waals surface area (Å²) >= 11 is 0. The number of allylic oxidation sites excluding steroid dienone is 1. The zero-order chi connectivity index (χ0) is 18.7. The standard InChI is InChI=1S/C23H37NO2/c1-14(24)19-7-8-20-18-6-5-16-13-17(26-15(2)25)9-11-22(16,3)21(18)10-12-23(19,20)4/h5,14,17-21H,6-13,24H2,1-4H3/p+1/t14-,17-,18+,19+,20+,21-,22-,23+/m0/s1. The van der Waals surface area contributed by atoms with Gasteiger partial charge >= 0.3 is 5.97 Å². The fourth-order valence-corrected chi connectivity index (χ4v) is 7.94. The van der Waals surface area contributed by atoms with E-state index in [0.29, 0.717) is 16.9 Å². The molecule has 0 aliphatic heterocycles. The molecule has 0 heterocycles. The number of carbonyl (C=O) groups excluding carboxylic acids is 1. The highest BCUT2D eigenvalue weighted by Crippen LogP contribution is 2.66. The largest absolute Gasteiger partial charge is 0.462 e. The molecule has 4 rings (SSSR count). The van der Waals surface area contributed by atoms with Crippen molar-refractivity contribution in [1.29, 1.82) is 0 Å². The van der Waals surface area contributed by atoms with Crippen molar-refractivity contribution in [3.05, 3.63) is 11.6 Å². The highest BCUT2D eigenvalue weighted by molar-refractivity contribution is 5.66. The lowest BCUT2D eigenvalue weighted by atomic mass is 9.47. The molecule has 0 aromatic carbocycles. The van der Waals surface area contributed by atoms with Gasteiger partial charge in [0, 0.05) is 19.3 Å². The fourth-order valence-electron chi connectivity index (χ4n) is 7.94. The van der Waals surface area contributed by atoms with Crippen LogP contribution in [0.15, 0.2) is 11.6 Å². The second kappa shape index (κ2) is 6.36. The van der Waals surface area contributed by atoms with Gasteiger partial charge in [-0.15, -0.1) is 0 Å². The number of hydrogen-bond acceptors (Lipinski definition) is 2. The van der Waals surface area contributed by atoms with Gasteiger partial charge in [0.15, 0.2) is 0 Å². The molecule has 0 saturated heterocycles. The van der Waals surface area contributed by atoms with Crippen LogP contribution in [0.5, 0.6) is 0 Å². The molecule has 8 atom stereocenters. The van der Waals surface area contributed by atoms with E-state index in [9.17, 15) is 4.79 Å². The average Bonchev–Trinajstić information content (AvgIpc) is 2.92. The predicted octanol–water partition coefficient (Wildman–Crippen LogP) is 4.13. The quantitative estimate of drug-likeness (QED) is 0.595. The maximum atomic E-state index is 11.4. The molecule has 0 spiro atoms. The molecule has 0 bridgehead atoms. The molecule has 0 amide bonds. The Morgan fingerprint density at radius 2 is 1.96 bits per heavy atom. The van der Waals surface area contributed by atoms with Crippen molar-refractivity contribution in [3.63, 3.8) is 0 Å². The first-order valence-corrected chi connectivity index (χ1v) is 11.0. The normalized spacial score (nSPS) is 48.7. The minimum Gasteiger partial charge on any atom is -0.462 e. The Bertz CT molecular complexity index is 611. The minimum absolute atomic E-state index is 0.111. The second-order valence-corrected chi connectivity index (χ2v) is 10.4. The third-order valence-corrected chi connectivity index (χ3v) is 9.15. The van der Waals surface area contributed by atoms with Crippen molar-refractivity contribution in [2.45, 2.75) is 91.2 Å². The maximum absolute atomic E-state index is 11.4. The fraction of sp³-hybridized carbons (Fsp3) is 0.870. The van der Waals surface area contributed by atoms with Gasteiger partial charge in [0.05, 0.1) is 6.04 Å². The van der Waals surface area contributed by atoms with Crippen LogP contribution in [0, 0.1) is 34.5 Å².